The highest BCUT2D eigenvalue weighted by Crippen LogP contribution is 2.36. The Hall–Kier alpha value is -1.26. The van der Waals surface area contributed by atoms with Crippen LogP contribution in [-0.2, 0) is 11.3 Å². The van der Waals surface area contributed by atoms with Crippen LogP contribution in [0.1, 0.15) is 25.3 Å². The molecule has 2 nitrogen and oxygen atoms in total. The number of carbonyl (C=O) groups is 1. The highest BCUT2D eigenvalue weighted by atomic mass is 32.2. The lowest BCUT2D eigenvalue weighted by atomic mass is 10.1. The second kappa shape index (κ2) is 7.34. The molecule has 2 aromatic rings. The van der Waals surface area contributed by atoms with Crippen LogP contribution in [0, 0.1) is 5.92 Å². The molecule has 1 aromatic carbocycles. The molecule has 0 saturated heterocycles. The maximum Gasteiger partial charge on any atom is 0.233 e. The van der Waals surface area contributed by atoms with Gasteiger partial charge in [0.25, 0.3) is 0 Å². The predicted molar refractivity (Wildman–Crippen MR) is 94.2 cm³/mol. The quantitative estimate of drug-likeness (QED) is 0.687. The van der Waals surface area contributed by atoms with E-state index in [2.05, 4.69) is 35.4 Å². The summed E-state index contributed by atoms with van der Waals surface area (Å²) in [4.78, 5) is 14.8. The maximum atomic E-state index is 12.7. The Morgan fingerprint density at radius 2 is 2.05 bits per heavy atom. The van der Waals surface area contributed by atoms with Crippen molar-refractivity contribution in [3.63, 3.8) is 0 Å². The summed E-state index contributed by atoms with van der Waals surface area (Å²) in [5.74, 6) is 1.48. The van der Waals surface area contributed by atoms with Gasteiger partial charge in [-0.25, -0.2) is 0 Å². The van der Waals surface area contributed by atoms with Crippen molar-refractivity contribution >= 4 is 29.0 Å². The van der Waals surface area contributed by atoms with Crippen LogP contribution in [-0.4, -0.2) is 22.6 Å². The van der Waals surface area contributed by atoms with Crippen LogP contribution in [0.2, 0.25) is 0 Å². The Kier molecular flexibility index (Phi) is 5.21. The molecule has 3 rings (SSSR count). The van der Waals surface area contributed by atoms with Crippen molar-refractivity contribution in [3.05, 3.63) is 53.4 Å². The lowest BCUT2D eigenvalue weighted by Crippen LogP contribution is -2.40. The molecule has 0 N–H and O–H groups in total. The Labute approximate surface area is 140 Å². The molecule has 1 atom stereocenters. The van der Waals surface area contributed by atoms with E-state index in [0.717, 1.165) is 6.54 Å². The zero-order valence-electron chi connectivity index (χ0n) is 12.8. The van der Waals surface area contributed by atoms with Gasteiger partial charge >= 0.3 is 0 Å². The summed E-state index contributed by atoms with van der Waals surface area (Å²) >= 11 is 3.35. The van der Waals surface area contributed by atoms with Gasteiger partial charge in [0, 0.05) is 12.6 Å². The van der Waals surface area contributed by atoms with Gasteiger partial charge in [0.2, 0.25) is 5.91 Å². The molecule has 0 radical (unpaired) electrons. The Morgan fingerprint density at radius 3 is 2.68 bits per heavy atom. The van der Waals surface area contributed by atoms with Crippen molar-refractivity contribution in [3.8, 4) is 0 Å². The number of nitrogens with zero attached hydrogens (tertiary/aromatic N) is 1. The van der Waals surface area contributed by atoms with Crippen molar-refractivity contribution < 1.29 is 4.79 Å². The number of hydrogen-bond donors (Lipinski definition) is 0. The molecule has 1 aromatic heterocycles. The molecule has 1 aliphatic carbocycles. The molecule has 22 heavy (non-hydrogen) atoms. The van der Waals surface area contributed by atoms with E-state index in [1.807, 2.05) is 24.3 Å². The third-order valence-electron chi connectivity index (χ3n) is 4.14. The first-order valence-corrected chi connectivity index (χ1v) is 9.60. The van der Waals surface area contributed by atoms with Crippen LogP contribution >= 0.6 is 23.1 Å². The van der Waals surface area contributed by atoms with E-state index in [4.69, 9.17) is 0 Å². The van der Waals surface area contributed by atoms with Crippen molar-refractivity contribution in [2.75, 3.05) is 5.75 Å². The van der Waals surface area contributed by atoms with E-state index < -0.39 is 0 Å². The molecule has 1 unspecified atom stereocenters. The summed E-state index contributed by atoms with van der Waals surface area (Å²) in [5, 5.41) is 2.06. The fourth-order valence-corrected chi connectivity index (χ4v) is 4.30. The number of rotatable bonds is 7. The Bertz CT molecular complexity index is 593. The van der Waals surface area contributed by atoms with Crippen LogP contribution in [0.15, 0.2) is 52.1 Å². The normalized spacial score (nSPS) is 15.5. The minimum Gasteiger partial charge on any atom is -0.335 e. The summed E-state index contributed by atoms with van der Waals surface area (Å²) < 4.78 is 1.21. The first-order valence-electron chi connectivity index (χ1n) is 7.74. The van der Waals surface area contributed by atoms with E-state index in [1.54, 1.807) is 23.1 Å². The average Bonchev–Trinajstić information content (AvgIpc) is 3.27. The van der Waals surface area contributed by atoms with Crippen LogP contribution in [0.25, 0.3) is 0 Å². The van der Waals surface area contributed by atoms with Crippen molar-refractivity contribution in [2.24, 2.45) is 5.92 Å². The zero-order chi connectivity index (χ0) is 15.4. The third-order valence-corrected chi connectivity index (χ3v) is 6.26. The number of thioether (sulfide) groups is 1. The monoisotopic (exact) mass is 331 g/mol. The van der Waals surface area contributed by atoms with Crippen LogP contribution < -0.4 is 0 Å². The van der Waals surface area contributed by atoms with Gasteiger partial charge in [0.15, 0.2) is 0 Å². The summed E-state index contributed by atoms with van der Waals surface area (Å²) in [6.07, 6.45) is 2.52. The molecule has 116 valence electrons. The zero-order valence-corrected chi connectivity index (χ0v) is 14.4. The van der Waals surface area contributed by atoms with Gasteiger partial charge in [0.05, 0.1) is 9.96 Å². The molecular weight excluding hydrogens is 310 g/mol. The summed E-state index contributed by atoms with van der Waals surface area (Å²) in [6, 6.07) is 14.8. The lowest BCUT2D eigenvalue weighted by Gasteiger charge is -2.29. The minimum absolute atomic E-state index is 0.252. The molecular formula is C18H21NOS2. The first-order chi connectivity index (χ1) is 10.7. The van der Waals surface area contributed by atoms with E-state index in [0.29, 0.717) is 17.7 Å². The summed E-state index contributed by atoms with van der Waals surface area (Å²) in [7, 11) is 0. The van der Waals surface area contributed by atoms with Crippen molar-refractivity contribution in [1.82, 2.24) is 4.90 Å². The molecule has 0 bridgehead atoms. The van der Waals surface area contributed by atoms with Gasteiger partial charge in [-0.05, 0) is 42.7 Å². The van der Waals surface area contributed by atoms with Gasteiger partial charge < -0.3 is 4.90 Å². The standard InChI is InChI=1S/C18H21NOS2/c1-14(16-9-10-16)19(12-15-6-3-2-4-7-15)17(20)13-22-18-8-5-11-21-18/h2-8,11,14,16H,9-10,12-13H2,1H3. The Morgan fingerprint density at radius 1 is 1.27 bits per heavy atom. The minimum atomic E-state index is 0.252. The van der Waals surface area contributed by atoms with E-state index in [1.165, 1.54) is 22.6 Å². The van der Waals surface area contributed by atoms with Crippen molar-refractivity contribution in [2.45, 2.75) is 36.6 Å². The second-order valence-corrected chi connectivity index (χ2v) is 8.03. The summed E-state index contributed by atoms with van der Waals surface area (Å²) in [5.41, 5.74) is 1.21. The molecule has 0 spiro atoms. The van der Waals surface area contributed by atoms with Gasteiger partial charge in [-0.3, -0.25) is 4.79 Å². The number of thiophene rings is 1. The maximum absolute atomic E-state index is 12.7. The average molecular weight is 332 g/mol. The molecule has 1 heterocycles. The van der Waals surface area contributed by atoms with E-state index >= 15 is 0 Å². The van der Waals surface area contributed by atoms with E-state index in [-0.39, 0.29) is 5.91 Å². The molecule has 1 saturated carbocycles. The Balaban J connectivity index is 1.65. The van der Waals surface area contributed by atoms with Gasteiger partial charge in [-0.1, -0.05) is 36.4 Å². The highest BCUT2D eigenvalue weighted by Gasteiger charge is 2.34. The lowest BCUT2D eigenvalue weighted by molar-refractivity contribution is -0.131. The van der Waals surface area contributed by atoms with Gasteiger partial charge in [-0.2, -0.15) is 0 Å². The second-order valence-electron chi connectivity index (χ2n) is 5.81. The summed E-state index contributed by atoms with van der Waals surface area (Å²) in [6.45, 7) is 2.93. The fourth-order valence-electron chi connectivity index (χ4n) is 2.63. The molecule has 0 aliphatic heterocycles. The van der Waals surface area contributed by atoms with Crippen LogP contribution in [0.3, 0.4) is 0 Å². The fraction of sp³-hybridized carbons (Fsp3) is 0.389. The molecule has 1 aliphatic rings. The van der Waals surface area contributed by atoms with E-state index in [9.17, 15) is 4.79 Å². The molecule has 1 fully saturated rings. The van der Waals surface area contributed by atoms with Crippen LogP contribution in [0.5, 0.6) is 0 Å². The predicted octanol–water partition coefficient (Wildman–Crippen LogP) is 4.67. The topological polar surface area (TPSA) is 20.3 Å². The number of benzene rings is 1. The highest BCUT2D eigenvalue weighted by molar-refractivity contribution is 8.01. The van der Waals surface area contributed by atoms with Crippen LogP contribution in [0.4, 0.5) is 0 Å². The number of hydrogen-bond acceptors (Lipinski definition) is 3. The molecule has 4 heteroatoms. The SMILES string of the molecule is CC(C1CC1)N(Cc1ccccc1)C(=O)CSc1cccs1. The molecule has 1 amide bonds. The number of carbonyl (C=O) groups excluding carboxylic acids is 1. The largest absolute Gasteiger partial charge is 0.335 e. The van der Waals surface area contributed by atoms with Gasteiger partial charge in [0.1, 0.15) is 0 Å². The first kappa shape index (κ1) is 15.6. The third kappa shape index (κ3) is 4.14. The smallest absolute Gasteiger partial charge is 0.233 e. The number of amides is 1. The van der Waals surface area contributed by atoms with Crippen molar-refractivity contribution in [1.29, 1.82) is 0 Å². The van der Waals surface area contributed by atoms with Gasteiger partial charge in [-0.15, -0.1) is 23.1 Å².